The van der Waals surface area contributed by atoms with Gasteiger partial charge in [0.1, 0.15) is 17.3 Å². The van der Waals surface area contributed by atoms with E-state index in [0.717, 1.165) is 0 Å². The average Bonchev–Trinajstić information content (AvgIpc) is 2.08. The highest BCUT2D eigenvalue weighted by Gasteiger charge is 2.24. The molecule has 0 heterocycles. The van der Waals surface area contributed by atoms with E-state index in [4.69, 9.17) is 0 Å². The number of hydrogen-bond donors (Lipinski definition) is 2. The van der Waals surface area contributed by atoms with Crippen LogP contribution < -0.4 is 5.32 Å². The van der Waals surface area contributed by atoms with E-state index in [0.29, 0.717) is 4.47 Å². The van der Waals surface area contributed by atoms with Crippen molar-refractivity contribution in [3.8, 4) is 0 Å². The molecular weight excluding hydrogens is 280 g/mol. The summed E-state index contributed by atoms with van der Waals surface area (Å²) in [5, 5.41) is 12.3. The van der Waals surface area contributed by atoms with Crippen LogP contribution in [0.1, 0.15) is 20.8 Å². The predicted molar refractivity (Wildman–Crippen MR) is 63.4 cm³/mol. The van der Waals surface area contributed by atoms with Gasteiger partial charge in [-0.3, -0.25) is 0 Å². The summed E-state index contributed by atoms with van der Waals surface area (Å²) in [5.74, 6) is -1.38. The molecule has 1 unspecified atom stereocenters. The van der Waals surface area contributed by atoms with Gasteiger partial charge in [-0.2, -0.15) is 0 Å². The Morgan fingerprint density at radius 2 is 1.75 bits per heavy atom. The Hall–Kier alpha value is -0.680. The summed E-state index contributed by atoms with van der Waals surface area (Å²) >= 11 is 3.00. The van der Waals surface area contributed by atoms with E-state index in [1.807, 2.05) is 0 Å². The smallest absolute Gasteiger partial charge is 0.150 e. The summed E-state index contributed by atoms with van der Waals surface area (Å²) in [6.07, 6.45) is 0. The first-order chi connectivity index (χ1) is 7.21. The van der Waals surface area contributed by atoms with Gasteiger partial charge < -0.3 is 10.4 Å². The summed E-state index contributed by atoms with van der Waals surface area (Å²) in [6.45, 7) is 4.79. The normalized spacial score (nSPS) is 13.7. The van der Waals surface area contributed by atoms with Crippen molar-refractivity contribution in [2.45, 2.75) is 32.4 Å². The molecule has 1 aromatic rings. The minimum atomic E-state index is -1.06. The molecule has 0 aliphatic carbocycles. The van der Waals surface area contributed by atoms with Crippen LogP contribution in [-0.4, -0.2) is 16.7 Å². The number of aliphatic hydroxyl groups is 1. The van der Waals surface area contributed by atoms with Gasteiger partial charge in [0.25, 0.3) is 0 Å². The van der Waals surface area contributed by atoms with Crippen LogP contribution in [0.15, 0.2) is 16.6 Å². The van der Waals surface area contributed by atoms with E-state index in [1.54, 1.807) is 20.8 Å². The van der Waals surface area contributed by atoms with E-state index >= 15 is 0 Å². The second-order valence-electron chi connectivity index (χ2n) is 4.26. The molecule has 0 saturated heterocycles. The monoisotopic (exact) mass is 293 g/mol. The quantitative estimate of drug-likeness (QED) is 0.896. The fraction of sp³-hybridized carbons (Fsp3) is 0.455. The summed E-state index contributed by atoms with van der Waals surface area (Å²) in [4.78, 5) is 0. The van der Waals surface area contributed by atoms with E-state index in [1.165, 1.54) is 12.1 Å². The Bertz CT molecular complexity index is 367. The highest BCUT2D eigenvalue weighted by Crippen LogP contribution is 2.25. The maximum atomic E-state index is 13.4. The SMILES string of the molecule is CC(Nc1c(F)cc(Br)cc1F)C(C)(C)O. The summed E-state index contributed by atoms with van der Waals surface area (Å²) < 4.78 is 27.2. The van der Waals surface area contributed by atoms with Gasteiger partial charge in [-0.1, -0.05) is 15.9 Å². The number of rotatable bonds is 3. The van der Waals surface area contributed by atoms with Crippen LogP contribution in [0.25, 0.3) is 0 Å². The second kappa shape index (κ2) is 4.67. The number of anilines is 1. The number of benzene rings is 1. The minimum absolute atomic E-state index is 0.224. The van der Waals surface area contributed by atoms with Crippen LogP contribution in [0, 0.1) is 11.6 Å². The molecule has 5 heteroatoms. The van der Waals surface area contributed by atoms with Gasteiger partial charge in [0.15, 0.2) is 0 Å². The molecule has 0 aliphatic rings. The molecule has 0 amide bonds. The van der Waals surface area contributed by atoms with Gasteiger partial charge in [-0.05, 0) is 32.9 Å². The summed E-state index contributed by atoms with van der Waals surface area (Å²) in [7, 11) is 0. The zero-order valence-electron chi connectivity index (χ0n) is 9.31. The van der Waals surface area contributed by atoms with Crippen LogP contribution in [0.4, 0.5) is 14.5 Å². The number of hydrogen-bond acceptors (Lipinski definition) is 2. The van der Waals surface area contributed by atoms with Gasteiger partial charge in [0.2, 0.25) is 0 Å². The highest BCUT2D eigenvalue weighted by atomic mass is 79.9. The molecule has 1 atom stereocenters. The molecule has 0 aliphatic heterocycles. The summed E-state index contributed by atoms with van der Waals surface area (Å²) in [5.41, 5.74) is -1.29. The summed E-state index contributed by atoms with van der Waals surface area (Å²) in [6, 6.07) is 1.86. The first-order valence-corrected chi connectivity index (χ1v) is 5.64. The van der Waals surface area contributed by atoms with Crippen molar-refractivity contribution in [2.75, 3.05) is 5.32 Å². The van der Waals surface area contributed by atoms with Gasteiger partial charge in [-0.15, -0.1) is 0 Å². The van der Waals surface area contributed by atoms with Crippen LogP contribution >= 0.6 is 15.9 Å². The maximum Gasteiger partial charge on any atom is 0.150 e. The fourth-order valence-electron chi connectivity index (χ4n) is 1.07. The third-order valence-electron chi connectivity index (χ3n) is 2.43. The van der Waals surface area contributed by atoms with Crippen molar-refractivity contribution in [1.82, 2.24) is 0 Å². The molecule has 0 bridgehead atoms. The number of halogens is 3. The standard InChI is InChI=1S/C11H14BrF2NO/c1-6(11(2,3)16)15-10-8(13)4-7(12)5-9(10)14/h4-6,15-16H,1-3H3. The van der Waals surface area contributed by atoms with Crippen LogP contribution in [0.5, 0.6) is 0 Å². The van der Waals surface area contributed by atoms with Crippen LogP contribution in [0.2, 0.25) is 0 Å². The lowest BCUT2D eigenvalue weighted by Crippen LogP contribution is -2.39. The molecule has 2 nitrogen and oxygen atoms in total. The van der Waals surface area contributed by atoms with Crippen molar-refractivity contribution in [1.29, 1.82) is 0 Å². The van der Waals surface area contributed by atoms with Gasteiger partial charge in [0, 0.05) is 4.47 Å². The Balaban J connectivity index is 2.98. The molecule has 0 saturated carbocycles. The van der Waals surface area contributed by atoms with E-state index in [2.05, 4.69) is 21.2 Å². The van der Waals surface area contributed by atoms with Crippen molar-refractivity contribution >= 4 is 21.6 Å². The molecule has 0 fully saturated rings. The molecule has 16 heavy (non-hydrogen) atoms. The van der Waals surface area contributed by atoms with Gasteiger partial charge in [-0.25, -0.2) is 8.78 Å². The molecule has 2 N–H and O–H groups in total. The zero-order chi connectivity index (χ0) is 12.5. The largest absolute Gasteiger partial charge is 0.388 e. The topological polar surface area (TPSA) is 32.3 Å². The highest BCUT2D eigenvalue weighted by molar-refractivity contribution is 9.10. The molecule has 1 rings (SSSR count). The minimum Gasteiger partial charge on any atom is -0.388 e. The molecule has 0 spiro atoms. The molecular formula is C11H14BrF2NO. The molecule has 0 radical (unpaired) electrons. The maximum absolute atomic E-state index is 13.4. The van der Waals surface area contributed by atoms with E-state index < -0.39 is 23.3 Å². The van der Waals surface area contributed by atoms with Crippen molar-refractivity contribution in [2.24, 2.45) is 0 Å². The lowest BCUT2D eigenvalue weighted by Gasteiger charge is -2.28. The lowest BCUT2D eigenvalue weighted by atomic mass is 10.0. The third kappa shape index (κ3) is 3.15. The van der Waals surface area contributed by atoms with Crippen molar-refractivity contribution in [3.05, 3.63) is 28.2 Å². The first-order valence-electron chi connectivity index (χ1n) is 4.85. The van der Waals surface area contributed by atoms with E-state index in [9.17, 15) is 13.9 Å². The van der Waals surface area contributed by atoms with Crippen molar-refractivity contribution in [3.63, 3.8) is 0 Å². The van der Waals surface area contributed by atoms with Crippen LogP contribution in [-0.2, 0) is 0 Å². The van der Waals surface area contributed by atoms with Gasteiger partial charge in [0.05, 0.1) is 11.6 Å². The Morgan fingerprint density at radius 1 is 1.31 bits per heavy atom. The van der Waals surface area contributed by atoms with Gasteiger partial charge >= 0.3 is 0 Å². The lowest BCUT2D eigenvalue weighted by molar-refractivity contribution is 0.0647. The Morgan fingerprint density at radius 3 is 2.12 bits per heavy atom. The van der Waals surface area contributed by atoms with E-state index in [-0.39, 0.29) is 5.69 Å². The fourth-order valence-corrected chi connectivity index (χ4v) is 1.48. The number of nitrogens with one attached hydrogen (secondary N) is 1. The van der Waals surface area contributed by atoms with Crippen molar-refractivity contribution < 1.29 is 13.9 Å². The molecule has 90 valence electrons. The third-order valence-corrected chi connectivity index (χ3v) is 2.89. The average molecular weight is 294 g/mol. The zero-order valence-corrected chi connectivity index (χ0v) is 10.9. The molecule has 0 aromatic heterocycles. The Labute approximate surface area is 102 Å². The second-order valence-corrected chi connectivity index (χ2v) is 5.18. The molecule has 1 aromatic carbocycles. The van der Waals surface area contributed by atoms with Crippen LogP contribution in [0.3, 0.4) is 0 Å². The first kappa shape index (κ1) is 13.4. The Kier molecular flexibility index (Phi) is 3.91. The predicted octanol–water partition coefficient (Wildman–Crippen LogP) is 3.30.